The van der Waals surface area contributed by atoms with E-state index in [-0.39, 0.29) is 23.3 Å². The van der Waals surface area contributed by atoms with Crippen LogP contribution in [0.4, 0.5) is 18.3 Å². The van der Waals surface area contributed by atoms with Gasteiger partial charge in [0.05, 0.1) is 15.9 Å². The van der Waals surface area contributed by atoms with Gasteiger partial charge in [-0.1, -0.05) is 38.2 Å². The minimum Gasteiger partial charge on any atom is -0.301 e. The zero-order valence-electron chi connectivity index (χ0n) is 16.9. The first kappa shape index (κ1) is 22.3. The lowest BCUT2D eigenvalue weighted by molar-refractivity contribution is -0.140. The van der Waals surface area contributed by atoms with Gasteiger partial charge in [-0.05, 0) is 36.0 Å². The van der Waals surface area contributed by atoms with E-state index in [0.29, 0.717) is 11.6 Å². The number of alkyl halides is 3. The molecule has 2 fully saturated rings. The molecule has 2 unspecified atom stereocenters. The molecule has 1 N–H and O–H groups in total. The Kier molecular flexibility index (Phi) is 5.66. The molecule has 168 valence electrons. The number of benzene rings is 1. The Labute approximate surface area is 183 Å². The third kappa shape index (κ3) is 4.24. The number of sulfone groups is 1. The molecule has 2 aliphatic carbocycles. The molecule has 0 spiro atoms. The summed E-state index contributed by atoms with van der Waals surface area (Å²) in [5.74, 6) is -0.184. The highest BCUT2D eigenvalue weighted by molar-refractivity contribution is 7.90. The molecule has 1 aromatic carbocycles. The van der Waals surface area contributed by atoms with Crippen molar-refractivity contribution in [1.29, 1.82) is 0 Å². The van der Waals surface area contributed by atoms with Gasteiger partial charge in [-0.15, -0.1) is 11.3 Å². The van der Waals surface area contributed by atoms with Crippen LogP contribution in [0.1, 0.15) is 49.7 Å². The second-order valence-corrected chi connectivity index (χ2v) is 11.3. The fourth-order valence-corrected chi connectivity index (χ4v) is 6.38. The number of halogens is 3. The van der Waals surface area contributed by atoms with Gasteiger partial charge in [0, 0.05) is 17.8 Å². The number of carbonyl (C=O) groups excluding carboxylic acids is 1. The van der Waals surface area contributed by atoms with Crippen molar-refractivity contribution in [2.45, 2.75) is 55.0 Å². The van der Waals surface area contributed by atoms with Gasteiger partial charge in [0.15, 0.2) is 15.0 Å². The molecular formula is C21H23F3N2O3S2. The van der Waals surface area contributed by atoms with E-state index in [0.717, 1.165) is 50.5 Å². The van der Waals surface area contributed by atoms with Crippen molar-refractivity contribution in [1.82, 2.24) is 4.98 Å². The average Bonchev–Trinajstić information content (AvgIpc) is 3.28. The topological polar surface area (TPSA) is 76.1 Å². The fourth-order valence-electron chi connectivity index (χ4n) is 4.96. The van der Waals surface area contributed by atoms with E-state index in [1.54, 1.807) is 11.6 Å². The number of anilines is 1. The Morgan fingerprint density at radius 3 is 2.52 bits per heavy atom. The lowest BCUT2D eigenvalue weighted by Gasteiger charge is -2.26. The minimum atomic E-state index is -4.85. The molecule has 2 aliphatic rings. The number of carbonyl (C=O) groups is 1. The first-order valence-corrected chi connectivity index (χ1v) is 12.9. The molecule has 0 radical (unpaired) electrons. The summed E-state index contributed by atoms with van der Waals surface area (Å²) in [6.45, 7) is 0. The summed E-state index contributed by atoms with van der Waals surface area (Å²) in [4.78, 5) is 16.6. The molecule has 10 heteroatoms. The van der Waals surface area contributed by atoms with Crippen molar-refractivity contribution < 1.29 is 26.4 Å². The van der Waals surface area contributed by atoms with Crippen molar-refractivity contribution in [3.63, 3.8) is 0 Å². The highest BCUT2D eigenvalue weighted by Crippen LogP contribution is 2.61. The summed E-state index contributed by atoms with van der Waals surface area (Å²) in [5.41, 5.74) is -2.11. The maximum absolute atomic E-state index is 13.8. The largest absolute Gasteiger partial charge is 0.417 e. The molecule has 5 nitrogen and oxygen atoms in total. The van der Waals surface area contributed by atoms with E-state index in [4.69, 9.17) is 0 Å². The highest BCUT2D eigenvalue weighted by Gasteiger charge is 2.63. The van der Waals surface area contributed by atoms with Gasteiger partial charge in [0.2, 0.25) is 5.91 Å². The summed E-state index contributed by atoms with van der Waals surface area (Å²) in [6.07, 6.45) is 3.02. The first-order valence-electron chi connectivity index (χ1n) is 10.2. The van der Waals surface area contributed by atoms with Gasteiger partial charge in [0.25, 0.3) is 0 Å². The second kappa shape index (κ2) is 7.88. The third-order valence-corrected chi connectivity index (χ3v) is 8.33. The molecule has 1 aromatic heterocycles. The molecule has 4 rings (SSSR count). The Balaban J connectivity index is 1.78. The first-order chi connectivity index (χ1) is 14.5. The standard InChI is InChI=1S/C21H23F3N2O3S2/c1-31(28,29)17-8-7-14(11-15(17)21(22,23)24)20(18(27)26-19-25-9-10-30-19)12-16(20)13-5-3-2-4-6-13/h7-11,13,16H,2-6,12H2,1H3,(H,25,26,27). The molecule has 1 amide bonds. The third-order valence-electron chi connectivity index (χ3n) is 6.49. The van der Waals surface area contributed by atoms with Crippen molar-refractivity contribution in [2.75, 3.05) is 11.6 Å². The lowest BCUT2D eigenvalue weighted by Crippen LogP contribution is -2.32. The van der Waals surface area contributed by atoms with Gasteiger partial charge in [-0.3, -0.25) is 4.79 Å². The molecule has 0 aliphatic heterocycles. The van der Waals surface area contributed by atoms with Crippen LogP contribution in [-0.2, 0) is 26.2 Å². The van der Waals surface area contributed by atoms with Gasteiger partial charge in [-0.25, -0.2) is 13.4 Å². The fraction of sp³-hybridized carbons (Fsp3) is 0.524. The van der Waals surface area contributed by atoms with Crippen LogP contribution < -0.4 is 5.32 Å². The lowest BCUT2D eigenvalue weighted by atomic mass is 9.80. The summed E-state index contributed by atoms with van der Waals surface area (Å²) in [6, 6.07) is 3.22. The van der Waals surface area contributed by atoms with E-state index in [1.165, 1.54) is 17.4 Å². The van der Waals surface area contributed by atoms with Crippen LogP contribution in [0.25, 0.3) is 0 Å². The Hall–Kier alpha value is -1.94. The number of hydrogen-bond acceptors (Lipinski definition) is 5. The zero-order chi connectivity index (χ0) is 22.4. The van der Waals surface area contributed by atoms with Crippen LogP contribution in [0.2, 0.25) is 0 Å². The number of rotatable bonds is 5. The summed E-state index contributed by atoms with van der Waals surface area (Å²) in [5, 5.41) is 4.86. The van der Waals surface area contributed by atoms with Crippen molar-refractivity contribution in [3.8, 4) is 0 Å². The summed E-state index contributed by atoms with van der Waals surface area (Å²) >= 11 is 1.24. The normalized spacial score (nSPS) is 24.7. The highest BCUT2D eigenvalue weighted by atomic mass is 32.2. The predicted octanol–water partition coefficient (Wildman–Crippen LogP) is 5.04. The summed E-state index contributed by atoms with van der Waals surface area (Å²) < 4.78 is 65.2. The molecule has 1 heterocycles. The average molecular weight is 473 g/mol. The Bertz CT molecular complexity index is 1080. The Morgan fingerprint density at radius 1 is 1.23 bits per heavy atom. The number of nitrogens with zero attached hydrogens (tertiary/aromatic N) is 1. The molecule has 0 saturated heterocycles. The van der Waals surface area contributed by atoms with Gasteiger partial charge < -0.3 is 5.32 Å². The van der Waals surface area contributed by atoms with E-state index in [1.807, 2.05) is 0 Å². The van der Waals surface area contributed by atoms with E-state index < -0.39 is 31.9 Å². The van der Waals surface area contributed by atoms with Crippen LogP contribution in [-0.4, -0.2) is 25.6 Å². The molecule has 0 bridgehead atoms. The molecule has 2 aromatic rings. The second-order valence-electron chi connectivity index (χ2n) is 8.45. The van der Waals surface area contributed by atoms with Gasteiger partial charge in [-0.2, -0.15) is 13.2 Å². The molecular weight excluding hydrogens is 449 g/mol. The molecule has 31 heavy (non-hydrogen) atoms. The molecule has 2 saturated carbocycles. The van der Waals surface area contributed by atoms with Crippen molar-refractivity contribution in [3.05, 3.63) is 40.9 Å². The quantitative estimate of drug-likeness (QED) is 0.661. The van der Waals surface area contributed by atoms with Gasteiger partial charge in [0.1, 0.15) is 0 Å². The van der Waals surface area contributed by atoms with Crippen LogP contribution in [0.15, 0.2) is 34.7 Å². The SMILES string of the molecule is CS(=O)(=O)c1ccc(C2(C(=O)Nc3nccs3)CC2C2CCCCC2)cc1C(F)(F)F. The summed E-state index contributed by atoms with van der Waals surface area (Å²) in [7, 11) is -4.08. The number of aromatic nitrogens is 1. The van der Waals surface area contributed by atoms with Crippen molar-refractivity contribution in [2.24, 2.45) is 11.8 Å². The maximum atomic E-state index is 13.8. The monoisotopic (exact) mass is 472 g/mol. The number of amides is 1. The minimum absolute atomic E-state index is 0.0714. The smallest absolute Gasteiger partial charge is 0.301 e. The Morgan fingerprint density at radius 2 is 1.94 bits per heavy atom. The van der Waals surface area contributed by atoms with Gasteiger partial charge >= 0.3 is 6.18 Å². The number of hydrogen-bond donors (Lipinski definition) is 1. The van der Waals surface area contributed by atoms with Crippen LogP contribution >= 0.6 is 11.3 Å². The zero-order valence-corrected chi connectivity index (χ0v) is 18.5. The predicted molar refractivity (Wildman–Crippen MR) is 112 cm³/mol. The maximum Gasteiger partial charge on any atom is 0.417 e. The van der Waals surface area contributed by atoms with Crippen LogP contribution in [0.3, 0.4) is 0 Å². The van der Waals surface area contributed by atoms with E-state index >= 15 is 0 Å². The van der Waals surface area contributed by atoms with Crippen LogP contribution in [0.5, 0.6) is 0 Å². The van der Waals surface area contributed by atoms with E-state index in [9.17, 15) is 26.4 Å². The number of nitrogens with one attached hydrogen (secondary N) is 1. The van der Waals surface area contributed by atoms with Crippen molar-refractivity contribution >= 4 is 32.2 Å². The molecule has 2 atom stereocenters. The van der Waals surface area contributed by atoms with Crippen LogP contribution in [0, 0.1) is 11.8 Å². The van der Waals surface area contributed by atoms with E-state index in [2.05, 4.69) is 10.3 Å². The number of thiazole rings is 1.